The summed E-state index contributed by atoms with van der Waals surface area (Å²) in [7, 11) is -5.70. The average molecular weight is 574 g/mol. The predicted molar refractivity (Wildman–Crippen MR) is 132 cm³/mol. The van der Waals surface area contributed by atoms with Gasteiger partial charge in [-0.2, -0.15) is 21.6 Å². The van der Waals surface area contributed by atoms with Gasteiger partial charge >= 0.3 is 15.5 Å². The summed E-state index contributed by atoms with van der Waals surface area (Å²) in [6, 6.07) is 1.88. The minimum atomic E-state index is -5.70. The first-order valence-electron chi connectivity index (χ1n) is 11.5. The first-order valence-corrected chi connectivity index (χ1v) is 14.1. The van der Waals surface area contributed by atoms with E-state index in [4.69, 9.17) is 11.6 Å². The predicted octanol–water partition coefficient (Wildman–Crippen LogP) is 4.00. The van der Waals surface area contributed by atoms with Gasteiger partial charge in [0.1, 0.15) is 0 Å². The Balaban J connectivity index is 1.78. The monoisotopic (exact) mass is 573 g/mol. The summed E-state index contributed by atoms with van der Waals surface area (Å²) in [6.07, 6.45) is 6.36. The van der Waals surface area contributed by atoms with Gasteiger partial charge in [0.2, 0.25) is 5.91 Å². The van der Waals surface area contributed by atoms with Crippen LogP contribution in [0.4, 0.5) is 13.2 Å². The molecular weight excluding hydrogens is 543 g/mol. The number of carbonyl (C=O) groups is 1. The number of aliphatic hydroxyl groups excluding tert-OH is 3. The zero-order valence-electron chi connectivity index (χ0n) is 19.6. The van der Waals surface area contributed by atoms with Crippen molar-refractivity contribution in [2.75, 3.05) is 0 Å². The van der Waals surface area contributed by atoms with Crippen LogP contribution in [0.15, 0.2) is 30.4 Å². The van der Waals surface area contributed by atoms with E-state index >= 15 is 0 Å². The molecule has 0 aromatic carbocycles. The van der Waals surface area contributed by atoms with E-state index in [2.05, 4.69) is 0 Å². The lowest BCUT2D eigenvalue weighted by Gasteiger charge is -2.19. The molecule has 1 amide bonds. The molecule has 36 heavy (non-hydrogen) atoms. The smallest absolute Gasteiger partial charge is 0.393 e. The van der Waals surface area contributed by atoms with Gasteiger partial charge in [-0.05, 0) is 51.0 Å². The Labute approximate surface area is 217 Å². The molecule has 0 radical (unpaired) electrons. The van der Waals surface area contributed by atoms with E-state index in [1.165, 1.54) is 0 Å². The number of allylic oxidation sites excluding steroid dienone is 2. The Morgan fingerprint density at radius 1 is 1.31 bits per heavy atom. The second-order valence-corrected chi connectivity index (χ2v) is 12.2. The van der Waals surface area contributed by atoms with Crippen LogP contribution in [0.3, 0.4) is 0 Å². The first-order chi connectivity index (χ1) is 16.7. The Morgan fingerprint density at radius 3 is 2.61 bits per heavy atom. The van der Waals surface area contributed by atoms with Gasteiger partial charge in [-0.3, -0.25) is 4.79 Å². The maximum absolute atomic E-state index is 12.3. The number of halogens is 4. The normalized spacial score (nSPS) is 24.1. The lowest BCUT2D eigenvalue weighted by Crippen LogP contribution is -2.40. The SMILES string of the molecule is Cc1sc(CC[C@H](O)C=C[C@@H]2[C@@H](CC=CCCCC(=O)NS(=O)(=O)C(F)(F)F)[C@@H](O)C[C@H]2O)cc1Cl. The van der Waals surface area contributed by atoms with E-state index in [-0.39, 0.29) is 24.7 Å². The third kappa shape index (κ3) is 9.14. The van der Waals surface area contributed by atoms with E-state index in [9.17, 15) is 41.7 Å². The molecular formula is C23H31ClF3NO6S2. The van der Waals surface area contributed by atoms with Crippen LogP contribution in [0.5, 0.6) is 0 Å². The minimum absolute atomic E-state index is 0.135. The maximum Gasteiger partial charge on any atom is 0.516 e. The van der Waals surface area contributed by atoms with Crippen LogP contribution in [-0.4, -0.2) is 53.5 Å². The van der Waals surface area contributed by atoms with E-state index in [0.717, 1.165) is 14.5 Å². The van der Waals surface area contributed by atoms with Crippen molar-refractivity contribution in [3.05, 3.63) is 45.1 Å². The maximum atomic E-state index is 12.3. The molecule has 204 valence electrons. The summed E-state index contributed by atoms with van der Waals surface area (Å²) in [5, 5.41) is 31.7. The molecule has 1 saturated carbocycles. The first kappa shape index (κ1) is 30.8. The largest absolute Gasteiger partial charge is 0.516 e. The zero-order chi connectivity index (χ0) is 27.1. The summed E-state index contributed by atoms with van der Waals surface area (Å²) in [6.45, 7) is 1.93. The number of nitrogens with one attached hydrogen (secondary N) is 1. The topological polar surface area (TPSA) is 124 Å². The van der Waals surface area contributed by atoms with Crippen molar-refractivity contribution in [3.63, 3.8) is 0 Å². The number of aliphatic hydroxyl groups is 3. The van der Waals surface area contributed by atoms with Crippen molar-refractivity contribution in [2.24, 2.45) is 11.8 Å². The number of unbranched alkanes of at least 4 members (excludes halogenated alkanes) is 1. The van der Waals surface area contributed by atoms with E-state index in [0.29, 0.717) is 30.7 Å². The van der Waals surface area contributed by atoms with Crippen LogP contribution in [0.2, 0.25) is 5.02 Å². The van der Waals surface area contributed by atoms with Crippen molar-refractivity contribution in [1.82, 2.24) is 4.72 Å². The number of hydrogen-bond acceptors (Lipinski definition) is 7. The van der Waals surface area contributed by atoms with Crippen molar-refractivity contribution in [3.8, 4) is 0 Å². The second kappa shape index (κ2) is 13.4. The average Bonchev–Trinajstić information content (AvgIpc) is 3.22. The number of thiophene rings is 1. The molecule has 1 heterocycles. The van der Waals surface area contributed by atoms with E-state index in [1.54, 1.807) is 35.6 Å². The molecule has 13 heteroatoms. The fraction of sp³-hybridized carbons (Fsp3) is 0.609. The van der Waals surface area contributed by atoms with Crippen LogP contribution in [-0.2, 0) is 21.2 Å². The molecule has 1 aliphatic carbocycles. The Bertz CT molecular complexity index is 1020. The van der Waals surface area contributed by atoms with Crippen molar-refractivity contribution >= 4 is 38.9 Å². The molecule has 4 N–H and O–H groups in total. The van der Waals surface area contributed by atoms with E-state index in [1.807, 2.05) is 13.0 Å². The molecule has 1 aromatic rings. The molecule has 2 rings (SSSR count). The van der Waals surface area contributed by atoms with Crippen LogP contribution in [0, 0.1) is 18.8 Å². The molecule has 7 nitrogen and oxygen atoms in total. The molecule has 0 bridgehead atoms. The number of rotatable bonds is 12. The highest BCUT2D eigenvalue weighted by Gasteiger charge is 2.46. The lowest BCUT2D eigenvalue weighted by atomic mass is 9.89. The third-order valence-electron chi connectivity index (χ3n) is 5.97. The van der Waals surface area contributed by atoms with Gasteiger partial charge in [-0.1, -0.05) is 35.9 Å². The molecule has 1 aromatic heterocycles. The third-order valence-corrected chi connectivity index (χ3v) is 8.69. The molecule has 5 atom stereocenters. The van der Waals surface area contributed by atoms with Crippen LogP contribution >= 0.6 is 22.9 Å². The Hall–Kier alpha value is -1.44. The molecule has 0 saturated heterocycles. The fourth-order valence-electron chi connectivity index (χ4n) is 4.00. The van der Waals surface area contributed by atoms with E-state index < -0.39 is 46.2 Å². The highest BCUT2D eigenvalue weighted by Crippen LogP contribution is 2.36. The van der Waals surface area contributed by atoms with Crippen LogP contribution in [0.1, 0.15) is 48.3 Å². The molecule has 0 spiro atoms. The van der Waals surface area contributed by atoms with Gasteiger partial charge in [0.05, 0.1) is 23.3 Å². The molecule has 0 aliphatic heterocycles. The Kier molecular flexibility index (Phi) is 11.4. The van der Waals surface area contributed by atoms with Gasteiger partial charge in [-0.25, -0.2) is 4.72 Å². The highest BCUT2D eigenvalue weighted by molar-refractivity contribution is 7.90. The second-order valence-electron chi connectivity index (χ2n) is 8.79. The minimum Gasteiger partial charge on any atom is -0.393 e. The molecule has 1 fully saturated rings. The zero-order valence-corrected chi connectivity index (χ0v) is 22.0. The summed E-state index contributed by atoms with van der Waals surface area (Å²) in [4.78, 5) is 13.5. The van der Waals surface area contributed by atoms with Crippen LogP contribution in [0.25, 0.3) is 0 Å². The highest BCUT2D eigenvalue weighted by atomic mass is 35.5. The lowest BCUT2D eigenvalue weighted by molar-refractivity contribution is -0.120. The van der Waals surface area contributed by atoms with Gasteiger partial charge in [0.15, 0.2) is 0 Å². The van der Waals surface area contributed by atoms with Gasteiger partial charge in [-0.15, -0.1) is 11.3 Å². The standard InChI is InChI=1S/C23H31ClF3NO6S2/c1-14-19(24)12-16(35-14)10-8-15(29)9-11-18-17(20(30)13-21(18)31)6-4-2-3-5-7-22(32)28-36(33,34)23(25,26)27/h2,4,9,11-12,15,17-18,20-21,29-31H,3,5-8,10,13H2,1H3,(H,28,32)/t15-,17+,18+,20-,21+/m0/s1. The number of amides is 1. The Morgan fingerprint density at radius 2 is 2.00 bits per heavy atom. The molecule has 1 aliphatic rings. The summed E-state index contributed by atoms with van der Waals surface area (Å²) in [5.41, 5.74) is -5.55. The van der Waals surface area contributed by atoms with Crippen molar-refractivity contribution < 1.29 is 41.7 Å². The van der Waals surface area contributed by atoms with Gasteiger partial charge in [0.25, 0.3) is 0 Å². The number of alkyl halides is 3. The number of sulfonamides is 1. The number of carbonyl (C=O) groups excluding carboxylic acids is 1. The quantitative estimate of drug-likeness (QED) is 0.221. The summed E-state index contributed by atoms with van der Waals surface area (Å²) >= 11 is 7.64. The molecule has 0 unspecified atom stereocenters. The van der Waals surface area contributed by atoms with Crippen molar-refractivity contribution in [2.45, 2.75) is 75.7 Å². The van der Waals surface area contributed by atoms with Gasteiger partial charge in [0, 0.05) is 28.5 Å². The number of aryl methyl sites for hydroxylation is 2. The number of hydrogen-bond donors (Lipinski definition) is 4. The summed E-state index contributed by atoms with van der Waals surface area (Å²) in [5.74, 6) is -1.90. The summed E-state index contributed by atoms with van der Waals surface area (Å²) < 4.78 is 59.6. The fourth-order valence-corrected chi connectivity index (χ4v) is 5.78. The van der Waals surface area contributed by atoms with Gasteiger partial charge < -0.3 is 15.3 Å². The van der Waals surface area contributed by atoms with Crippen LogP contribution < -0.4 is 4.72 Å². The van der Waals surface area contributed by atoms with Crippen molar-refractivity contribution in [1.29, 1.82) is 0 Å².